The molecule has 3 heteroatoms. The Kier molecular flexibility index (Phi) is 3.74. The summed E-state index contributed by atoms with van der Waals surface area (Å²) in [4.78, 5) is 12.1. The van der Waals surface area contributed by atoms with Gasteiger partial charge >= 0.3 is 0 Å². The summed E-state index contributed by atoms with van der Waals surface area (Å²) < 4.78 is 0. The van der Waals surface area contributed by atoms with Gasteiger partial charge in [0.15, 0.2) is 0 Å². The van der Waals surface area contributed by atoms with Gasteiger partial charge in [-0.1, -0.05) is 60.7 Å². The van der Waals surface area contributed by atoms with E-state index < -0.39 is 0 Å². The SMILES string of the molecule is O=C(N/N=C/c1ccccc1)c1ccc2ccccc2c1. The molecule has 0 radical (unpaired) electrons. The average Bonchev–Trinajstić information content (AvgIpc) is 2.55. The van der Waals surface area contributed by atoms with Crippen LogP contribution < -0.4 is 5.43 Å². The van der Waals surface area contributed by atoms with E-state index in [4.69, 9.17) is 0 Å². The maximum atomic E-state index is 12.1. The van der Waals surface area contributed by atoms with Crippen LogP contribution in [-0.2, 0) is 0 Å². The first-order valence-corrected chi connectivity index (χ1v) is 6.70. The Bertz CT molecular complexity index is 794. The predicted molar refractivity (Wildman–Crippen MR) is 85.5 cm³/mol. The van der Waals surface area contributed by atoms with Crippen LogP contribution in [0.1, 0.15) is 15.9 Å². The Balaban J connectivity index is 1.73. The van der Waals surface area contributed by atoms with Gasteiger partial charge in [-0.25, -0.2) is 5.43 Å². The van der Waals surface area contributed by atoms with Gasteiger partial charge in [0, 0.05) is 5.56 Å². The van der Waals surface area contributed by atoms with Crippen LogP contribution in [0.5, 0.6) is 0 Å². The highest BCUT2D eigenvalue weighted by atomic mass is 16.2. The number of benzene rings is 3. The second-order valence-corrected chi connectivity index (χ2v) is 4.67. The van der Waals surface area contributed by atoms with Crippen molar-refractivity contribution < 1.29 is 4.79 Å². The van der Waals surface area contributed by atoms with Crippen LogP contribution in [0.25, 0.3) is 10.8 Å². The van der Waals surface area contributed by atoms with E-state index in [1.54, 1.807) is 12.3 Å². The molecule has 21 heavy (non-hydrogen) atoms. The Hall–Kier alpha value is -2.94. The fourth-order valence-corrected chi connectivity index (χ4v) is 2.10. The third-order valence-electron chi connectivity index (χ3n) is 3.19. The lowest BCUT2D eigenvalue weighted by molar-refractivity contribution is 0.0955. The second kappa shape index (κ2) is 6.01. The maximum absolute atomic E-state index is 12.1. The Morgan fingerprint density at radius 2 is 1.57 bits per heavy atom. The van der Waals surface area contributed by atoms with Gasteiger partial charge in [0.1, 0.15) is 0 Å². The van der Waals surface area contributed by atoms with Crippen molar-refractivity contribution in [3.05, 3.63) is 83.9 Å². The number of hydrogen-bond acceptors (Lipinski definition) is 2. The second-order valence-electron chi connectivity index (χ2n) is 4.67. The molecule has 0 aliphatic heterocycles. The molecule has 0 atom stereocenters. The molecule has 1 amide bonds. The number of carbonyl (C=O) groups is 1. The lowest BCUT2D eigenvalue weighted by atomic mass is 10.1. The minimum absolute atomic E-state index is 0.215. The van der Waals surface area contributed by atoms with E-state index in [2.05, 4.69) is 10.5 Å². The van der Waals surface area contributed by atoms with Crippen LogP contribution in [0.15, 0.2) is 77.9 Å². The number of nitrogens with one attached hydrogen (secondary N) is 1. The molecule has 0 aliphatic rings. The van der Waals surface area contributed by atoms with E-state index in [1.807, 2.05) is 66.7 Å². The fourth-order valence-electron chi connectivity index (χ4n) is 2.10. The van der Waals surface area contributed by atoms with Crippen LogP contribution in [0.3, 0.4) is 0 Å². The summed E-state index contributed by atoms with van der Waals surface area (Å²) in [6, 6.07) is 23.2. The van der Waals surface area contributed by atoms with E-state index >= 15 is 0 Å². The Morgan fingerprint density at radius 3 is 2.38 bits per heavy atom. The number of hydrazone groups is 1. The van der Waals surface area contributed by atoms with E-state index in [0.29, 0.717) is 5.56 Å². The highest BCUT2D eigenvalue weighted by Crippen LogP contribution is 2.15. The summed E-state index contributed by atoms with van der Waals surface area (Å²) in [6.07, 6.45) is 1.62. The van der Waals surface area contributed by atoms with Crippen LogP contribution in [0, 0.1) is 0 Å². The van der Waals surface area contributed by atoms with Crippen molar-refractivity contribution in [2.45, 2.75) is 0 Å². The molecule has 0 aliphatic carbocycles. The van der Waals surface area contributed by atoms with Crippen LogP contribution >= 0.6 is 0 Å². The van der Waals surface area contributed by atoms with Gasteiger partial charge in [-0.3, -0.25) is 4.79 Å². The minimum Gasteiger partial charge on any atom is -0.267 e. The first-order chi connectivity index (χ1) is 10.3. The van der Waals surface area contributed by atoms with Crippen LogP contribution in [0.2, 0.25) is 0 Å². The summed E-state index contributed by atoms with van der Waals surface area (Å²) in [5.74, 6) is -0.215. The molecule has 0 aromatic heterocycles. The fraction of sp³-hybridized carbons (Fsp3) is 0. The van der Waals surface area contributed by atoms with Gasteiger partial charge in [-0.05, 0) is 28.5 Å². The normalized spacial score (nSPS) is 10.9. The largest absolute Gasteiger partial charge is 0.271 e. The number of carbonyl (C=O) groups excluding carboxylic acids is 1. The van der Waals surface area contributed by atoms with Gasteiger partial charge in [-0.2, -0.15) is 5.10 Å². The predicted octanol–water partition coefficient (Wildman–Crippen LogP) is 3.60. The molecule has 3 aromatic rings. The zero-order chi connectivity index (χ0) is 14.5. The summed E-state index contributed by atoms with van der Waals surface area (Å²) in [5, 5.41) is 6.13. The highest BCUT2D eigenvalue weighted by Gasteiger charge is 2.04. The zero-order valence-corrected chi connectivity index (χ0v) is 11.4. The summed E-state index contributed by atoms with van der Waals surface area (Å²) in [7, 11) is 0. The van der Waals surface area contributed by atoms with Gasteiger partial charge in [0.2, 0.25) is 0 Å². The summed E-state index contributed by atoms with van der Waals surface area (Å²) in [6.45, 7) is 0. The van der Waals surface area contributed by atoms with Crippen molar-refractivity contribution in [2.24, 2.45) is 5.10 Å². The summed E-state index contributed by atoms with van der Waals surface area (Å²) >= 11 is 0. The molecule has 0 spiro atoms. The first kappa shape index (κ1) is 13.1. The van der Waals surface area contributed by atoms with Crippen molar-refractivity contribution >= 4 is 22.9 Å². The number of fused-ring (bicyclic) bond motifs is 1. The van der Waals surface area contributed by atoms with Gasteiger partial charge in [-0.15, -0.1) is 0 Å². The molecule has 0 heterocycles. The quantitative estimate of drug-likeness (QED) is 0.575. The molecule has 0 bridgehead atoms. The topological polar surface area (TPSA) is 41.5 Å². The molecule has 0 saturated carbocycles. The molecule has 3 rings (SSSR count). The van der Waals surface area contributed by atoms with Crippen molar-refractivity contribution in [3.8, 4) is 0 Å². The van der Waals surface area contributed by atoms with Gasteiger partial charge in [0.25, 0.3) is 5.91 Å². The molecule has 0 unspecified atom stereocenters. The molecule has 0 saturated heterocycles. The average molecular weight is 274 g/mol. The number of hydrogen-bond donors (Lipinski definition) is 1. The molecular formula is C18H14N2O. The molecule has 3 aromatic carbocycles. The molecule has 1 N–H and O–H groups in total. The van der Waals surface area contributed by atoms with Crippen molar-refractivity contribution in [1.29, 1.82) is 0 Å². The number of nitrogens with zero attached hydrogens (tertiary/aromatic N) is 1. The van der Waals surface area contributed by atoms with Gasteiger partial charge in [0.05, 0.1) is 6.21 Å². The standard InChI is InChI=1S/C18H14N2O/c21-18(20-19-13-14-6-2-1-3-7-14)17-11-10-15-8-4-5-9-16(15)12-17/h1-13H,(H,20,21)/b19-13+. The van der Waals surface area contributed by atoms with Gasteiger partial charge < -0.3 is 0 Å². The lowest BCUT2D eigenvalue weighted by Gasteiger charge is -2.02. The van der Waals surface area contributed by atoms with E-state index in [1.165, 1.54) is 0 Å². The van der Waals surface area contributed by atoms with E-state index in [9.17, 15) is 4.79 Å². The smallest absolute Gasteiger partial charge is 0.267 e. The molecule has 3 nitrogen and oxygen atoms in total. The lowest BCUT2D eigenvalue weighted by Crippen LogP contribution is -2.17. The van der Waals surface area contributed by atoms with E-state index in [-0.39, 0.29) is 5.91 Å². The molecule has 0 fully saturated rings. The van der Waals surface area contributed by atoms with Crippen LogP contribution in [0.4, 0.5) is 0 Å². The monoisotopic (exact) mass is 274 g/mol. The third-order valence-corrected chi connectivity index (χ3v) is 3.19. The van der Waals surface area contributed by atoms with Crippen molar-refractivity contribution in [1.82, 2.24) is 5.43 Å². The van der Waals surface area contributed by atoms with Crippen molar-refractivity contribution in [3.63, 3.8) is 0 Å². The van der Waals surface area contributed by atoms with Crippen LogP contribution in [-0.4, -0.2) is 12.1 Å². The third kappa shape index (κ3) is 3.15. The Labute approximate surface area is 122 Å². The minimum atomic E-state index is -0.215. The molecular weight excluding hydrogens is 260 g/mol. The number of amides is 1. The van der Waals surface area contributed by atoms with E-state index in [0.717, 1.165) is 16.3 Å². The first-order valence-electron chi connectivity index (χ1n) is 6.70. The molecule has 102 valence electrons. The maximum Gasteiger partial charge on any atom is 0.271 e. The zero-order valence-electron chi connectivity index (χ0n) is 11.4. The Morgan fingerprint density at radius 1 is 0.857 bits per heavy atom. The summed E-state index contributed by atoms with van der Waals surface area (Å²) in [5.41, 5.74) is 4.08. The number of rotatable bonds is 3. The highest BCUT2D eigenvalue weighted by molar-refractivity contribution is 5.98. The van der Waals surface area contributed by atoms with Crippen molar-refractivity contribution in [2.75, 3.05) is 0 Å².